The highest BCUT2D eigenvalue weighted by molar-refractivity contribution is 6.42. The topological polar surface area (TPSA) is 82.9 Å². The zero-order valence-electron chi connectivity index (χ0n) is 25.2. The zero-order chi connectivity index (χ0) is 32.8. The number of halogens is 5. The van der Waals surface area contributed by atoms with Gasteiger partial charge in [-0.25, -0.2) is 9.18 Å². The molecule has 0 saturated carbocycles. The molecule has 5 rings (SSSR count). The van der Waals surface area contributed by atoms with Gasteiger partial charge in [0.05, 0.1) is 33.3 Å². The van der Waals surface area contributed by atoms with E-state index in [-0.39, 0.29) is 36.3 Å². The summed E-state index contributed by atoms with van der Waals surface area (Å²) in [4.78, 5) is 38.3. The number of hydrogen-bond acceptors (Lipinski definition) is 5. The molecule has 0 unspecified atom stereocenters. The summed E-state index contributed by atoms with van der Waals surface area (Å²) in [5.74, 6) is -0.769. The molecule has 2 heterocycles. The lowest BCUT2D eigenvalue weighted by Crippen LogP contribution is -2.40. The van der Waals surface area contributed by atoms with Crippen LogP contribution in [0.1, 0.15) is 47.1 Å². The standard InChI is InChI=1S/C33H34Cl4FN5O3/c1-46-40-30(20-42(15-11-38)32(44)22-16-23(34)19-24(35)17-22)26(21-6-7-27(36)28(37)18-21)10-14-41-12-8-25(9-13-41)43-31-5-3-2-4-29(31)39-33(43)45/h2-7,16-19,25-26H,8-15,20H2,1H3,(H,39,45)/b40-30-/t26-/m1/s1. The van der Waals surface area contributed by atoms with Crippen molar-refractivity contribution in [1.29, 1.82) is 0 Å². The molecule has 0 bridgehead atoms. The van der Waals surface area contributed by atoms with Gasteiger partial charge < -0.3 is 19.6 Å². The SMILES string of the molecule is CO/N=C(/CN(CCF)C(=O)c1cc(Cl)cc(Cl)c1)[C@H](CCN1CCC(n2c(=O)[nH]c3ccccc32)CC1)c1ccc(Cl)c(Cl)c1. The largest absolute Gasteiger partial charge is 0.399 e. The first-order chi connectivity index (χ1) is 22.2. The summed E-state index contributed by atoms with van der Waals surface area (Å²) in [5, 5.41) is 5.74. The number of para-hydroxylation sites is 2. The Morgan fingerprint density at radius 1 is 1.04 bits per heavy atom. The van der Waals surface area contributed by atoms with E-state index in [1.807, 2.05) is 34.9 Å². The molecular formula is C33H34Cl4FN5O3. The molecule has 46 heavy (non-hydrogen) atoms. The second-order valence-corrected chi connectivity index (χ2v) is 12.9. The number of carbonyl (C=O) groups is 1. The van der Waals surface area contributed by atoms with E-state index in [1.165, 1.54) is 30.2 Å². The molecule has 1 atom stereocenters. The van der Waals surface area contributed by atoms with E-state index in [2.05, 4.69) is 15.0 Å². The number of aromatic nitrogens is 2. The van der Waals surface area contributed by atoms with Gasteiger partial charge in [-0.15, -0.1) is 0 Å². The van der Waals surface area contributed by atoms with Crippen LogP contribution in [0.3, 0.4) is 0 Å². The average Bonchev–Trinajstić information content (AvgIpc) is 3.37. The average molecular weight is 709 g/mol. The molecule has 1 aromatic heterocycles. The number of benzene rings is 3. The molecule has 4 aromatic rings. The molecule has 1 saturated heterocycles. The maximum Gasteiger partial charge on any atom is 0.326 e. The van der Waals surface area contributed by atoms with E-state index in [0.717, 1.165) is 42.5 Å². The van der Waals surface area contributed by atoms with Crippen LogP contribution in [0.25, 0.3) is 11.0 Å². The van der Waals surface area contributed by atoms with Gasteiger partial charge >= 0.3 is 5.69 Å². The van der Waals surface area contributed by atoms with Crippen LogP contribution in [0.5, 0.6) is 0 Å². The fourth-order valence-corrected chi connectivity index (χ4v) is 6.97. The number of imidazole rings is 1. The van der Waals surface area contributed by atoms with E-state index in [4.69, 9.17) is 51.2 Å². The first-order valence-corrected chi connectivity index (χ1v) is 16.5. The van der Waals surface area contributed by atoms with Crippen molar-refractivity contribution in [3.05, 3.63) is 102 Å². The fourth-order valence-electron chi connectivity index (χ4n) is 6.13. The van der Waals surface area contributed by atoms with E-state index < -0.39 is 12.6 Å². The molecule has 1 aliphatic rings. The number of piperidine rings is 1. The van der Waals surface area contributed by atoms with Gasteiger partial charge in [0.1, 0.15) is 13.8 Å². The number of amides is 1. The molecule has 1 N–H and O–H groups in total. The van der Waals surface area contributed by atoms with Crippen LogP contribution in [0.4, 0.5) is 4.39 Å². The number of oxime groups is 1. The Bertz CT molecular complexity index is 1750. The number of aromatic amines is 1. The summed E-state index contributed by atoms with van der Waals surface area (Å²) in [7, 11) is 1.43. The van der Waals surface area contributed by atoms with Crippen molar-refractivity contribution >= 4 is 69.1 Å². The zero-order valence-corrected chi connectivity index (χ0v) is 28.2. The number of nitrogens with zero attached hydrogens (tertiary/aromatic N) is 4. The quantitative estimate of drug-likeness (QED) is 0.120. The number of rotatable bonds is 12. The molecule has 0 radical (unpaired) electrons. The highest BCUT2D eigenvalue weighted by Gasteiger charge is 2.28. The van der Waals surface area contributed by atoms with Crippen molar-refractivity contribution in [2.45, 2.75) is 31.2 Å². The third kappa shape index (κ3) is 8.06. The van der Waals surface area contributed by atoms with Crippen molar-refractivity contribution in [3.63, 3.8) is 0 Å². The second kappa shape index (κ2) is 15.7. The smallest absolute Gasteiger partial charge is 0.326 e. The van der Waals surface area contributed by atoms with Crippen molar-refractivity contribution in [2.75, 3.05) is 46.5 Å². The van der Waals surface area contributed by atoms with E-state index in [0.29, 0.717) is 38.8 Å². The molecule has 244 valence electrons. The number of hydrogen-bond donors (Lipinski definition) is 1. The molecular weight excluding hydrogens is 675 g/mol. The number of nitrogens with one attached hydrogen (secondary N) is 1. The van der Waals surface area contributed by atoms with Crippen LogP contribution in [0.2, 0.25) is 20.1 Å². The van der Waals surface area contributed by atoms with E-state index in [9.17, 15) is 14.0 Å². The number of H-pyrrole nitrogens is 1. The summed E-state index contributed by atoms with van der Waals surface area (Å²) in [6.45, 7) is 1.36. The summed E-state index contributed by atoms with van der Waals surface area (Å²) in [6.07, 6.45) is 2.25. The minimum atomic E-state index is -0.758. The fraction of sp³-hybridized carbons (Fsp3) is 0.364. The highest BCUT2D eigenvalue weighted by atomic mass is 35.5. The summed E-state index contributed by atoms with van der Waals surface area (Å²) in [6, 6.07) is 17.7. The highest BCUT2D eigenvalue weighted by Crippen LogP contribution is 2.32. The van der Waals surface area contributed by atoms with E-state index in [1.54, 1.807) is 12.1 Å². The Morgan fingerprint density at radius 3 is 2.43 bits per heavy atom. The van der Waals surface area contributed by atoms with Crippen LogP contribution < -0.4 is 5.69 Å². The minimum absolute atomic E-state index is 0.00279. The Kier molecular flexibility index (Phi) is 11.7. The predicted molar refractivity (Wildman–Crippen MR) is 184 cm³/mol. The van der Waals surface area contributed by atoms with Crippen LogP contribution in [0, 0.1) is 0 Å². The van der Waals surface area contributed by atoms with Crippen LogP contribution in [0.15, 0.2) is 70.6 Å². The van der Waals surface area contributed by atoms with Crippen molar-refractivity contribution < 1.29 is 14.0 Å². The third-order valence-corrected chi connectivity index (χ3v) is 9.52. The maximum absolute atomic E-state index is 13.8. The van der Waals surface area contributed by atoms with Gasteiger partial charge in [-0.3, -0.25) is 9.36 Å². The van der Waals surface area contributed by atoms with Crippen LogP contribution >= 0.6 is 46.4 Å². The van der Waals surface area contributed by atoms with Crippen molar-refractivity contribution in [1.82, 2.24) is 19.4 Å². The first-order valence-electron chi connectivity index (χ1n) is 15.0. The summed E-state index contributed by atoms with van der Waals surface area (Å²) < 4.78 is 15.7. The molecule has 0 spiro atoms. The lowest BCUT2D eigenvalue weighted by Gasteiger charge is -2.34. The summed E-state index contributed by atoms with van der Waals surface area (Å²) >= 11 is 25.0. The van der Waals surface area contributed by atoms with Gasteiger partial charge in [-0.2, -0.15) is 0 Å². The van der Waals surface area contributed by atoms with Crippen molar-refractivity contribution in [3.8, 4) is 0 Å². The van der Waals surface area contributed by atoms with Crippen LogP contribution in [-0.2, 0) is 4.84 Å². The number of fused-ring (bicyclic) bond motifs is 1. The second-order valence-electron chi connectivity index (χ2n) is 11.2. The van der Waals surface area contributed by atoms with Crippen molar-refractivity contribution in [2.24, 2.45) is 5.16 Å². The Balaban J connectivity index is 1.35. The number of alkyl halides is 1. The van der Waals surface area contributed by atoms with Gasteiger partial charge in [-0.05, 0) is 73.8 Å². The van der Waals surface area contributed by atoms with Gasteiger partial charge in [0.25, 0.3) is 5.91 Å². The third-order valence-electron chi connectivity index (χ3n) is 8.34. The monoisotopic (exact) mass is 707 g/mol. The molecule has 3 aromatic carbocycles. The Hall–Kier alpha value is -3.08. The Morgan fingerprint density at radius 2 is 1.76 bits per heavy atom. The molecule has 1 fully saturated rings. The minimum Gasteiger partial charge on any atom is -0.399 e. The lowest BCUT2D eigenvalue weighted by molar-refractivity contribution is 0.0766. The first kappa shape index (κ1) is 34.3. The molecule has 1 amide bonds. The van der Waals surface area contributed by atoms with Gasteiger partial charge in [-0.1, -0.05) is 69.8 Å². The lowest BCUT2D eigenvalue weighted by atomic mass is 9.89. The van der Waals surface area contributed by atoms with Gasteiger partial charge in [0, 0.05) is 47.2 Å². The molecule has 1 aliphatic heterocycles. The van der Waals surface area contributed by atoms with E-state index >= 15 is 0 Å². The Labute approximate surface area is 286 Å². The normalized spacial score (nSPS) is 15.3. The molecule has 8 nitrogen and oxygen atoms in total. The maximum atomic E-state index is 13.8. The van der Waals surface area contributed by atoms with Gasteiger partial charge in [0.15, 0.2) is 0 Å². The number of carbonyl (C=O) groups excluding carboxylic acids is 1. The molecule has 13 heteroatoms. The number of likely N-dealkylation sites (tertiary alicyclic amines) is 1. The summed E-state index contributed by atoms with van der Waals surface area (Å²) in [5.41, 5.74) is 3.26. The molecule has 0 aliphatic carbocycles. The van der Waals surface area contributed by atoms with Crippen LogP contribution in [-0.4, -0.2) is 77.5 Å². The van der Waals surface area contributed by atoms with Gasteiger partial charge in [0.2, 0.25) is 0 Å². The predicted octanol–water partition coefficient (Wildman–Crippen LogP) is 7.87.